The largest absolute Gasteiger partial charge is 0.508 e. The summed E-state index contributed by atoms with van der Waals surface area (Å²) in [7, 11) is 0. The third-order valence-electron chi connectivity index (χ3n) is 4.44. The molecule has 0 saturated heterocycles. The van der Waals surface area contributed by atoms with Gasteiger partial charge >= 0.3 is 0 Å². The molecule has 2 aromatic carbocycles. The Bertz CT molecular complexity index is 1070. The zero-order valence-electron chi connectivity index (χ0n) is 14.3. The summed E-state index contributed by atoms with van der Waals surface area (Å²) in [5, 5.41) is 17.8. The number of aromatic hydroxyl groups is 1. The molecule has 0 bridgehead atoms. The number of halogens is 1. The molecule has 1 amide bonds. The van der Waals surface area contributed by atoms with Crippen LogP contribution in [0.3, 0.4) is 0 Å². The molecule has 0 saturated carbocycles. The second-order valence-electron chi connectivity index (χ2n) is 6.21. The van der Waals surface area contributed by atoms with Crippen LogP contribution >= 0.6 is 11.6 Å². The van der Waals surface area contributed by atoms with Crippen molar-refractivity contribution >= 4 is 23.5 Å². The molecule has 0 aliphatic carbocycles. The predicted octanol–water partition coefficient (Wildman–Crippen LogP) is 3.08. The molecule has 1 aliphatic rings. The number of hydrogen-bond donors (Lipinski definition) is 3. The lowest BCUT2D eigenvalue weighted by molar-refractivity contribution is -0.115. The highest BCUT2D eigenvalue weighted by atomic mass is 35.5. The zero-order valence-corrected chi connectivity index (χ0v) is 15.1. The molecule has 0 fully saturated rings. The summed E-state index contributed by atoms with van der Waals surface area (Å²) >= 11 is 6.28. The number of allylic oxidation sites excluding steroid dienone is 1. The van der Waals surface area contributed by atoms with Crippen LogP contribution < -0.4 is 11.1 Å². The molecule has 1 aliphatic heterocycles. The summed E-state index contributed by atoms with van der Waals surface area (Å²) in [6.07, 6.45) is 0. The minimum Gasteiger partial charge on any atom is -0.508 e. The number of carbonyl (C=O) groups is 1. The standard InChI is InChI=1S/C19H16ClN5O2/c1-10-15(17(21)27)16(11-6-8-12(26)9-7-11)25-19(22-10)23-18(24-25)13-4-2-3-5-14(13)20/h2-9,16,26H,1H3,(H2,21,27)(H,22,23,24)/t16-/m0/s1. The molecule has 4 rings (SSSR count). The molecular weight excluding hydrogens is 366 g/mol. The highest BCUT2D eigenvalue weighted by molar-refractivity contribution is 6.33. The number of anilines is 1. The van der Waals surface area contributed by atoms with E-state index >= 15 is 0 Å². The van der Waals surface area contributed by atoms with Crippen LogP contribution in [-0.4, -0.2) is 25.8 Å². The van der Waals surface area contributed by atoms with Crippen LogP contribution in [-0.2, 0) is 4.79 Å². The van der Waals surface area contributed by atoms with Gasteiger partial charge in [-0.15, -0.1) is 5.10 Å². The number of nitrogens with two attached hydrogens (primary N) is 1. The zero-order chi connectivity index (χ0) is 19.1. The monoisotopic (exact) mass is 381 g/mol. The van der Waals surface area contributed by atoms with Gasteiger partial charge in [0, 0.05) is 11.3 Å². The number of phenolic OH excluding ortho intramolecular Hbond substituents is 1. The number of amides is 1. The SMILES string of the molecule is CC1=C(C(N)=O)[C@H](c2ccc(O)cc2)n2nc(-c3ccccc3Cl)nc2N1. The summed E-state index contributed by atoms with van der Waals surface area (Å²) < 4.78 is 1.61. The third kappa shape index (κ3) is 2.92. The molecule has 3 aromatic rings. The number of nitrogens with zero attached hydrogens (tertiary/aromatic N) is 3. The number of phenols is 1. The molecule has 7 nitrogen and oxygen atoms in total. The van der Waals surface area contributed by atoms with E-state index < -0.39 is 11.9 Å². The second-order valence-corrected chi connectivity index (χ2v) is 6.61. The maximum Gasteiger partial charge on any atom is 0.248 e. The number of primary amides is 1. The van der Waals surface area contributed by atoms with Crippen LogP contribution in [0.4, 0.5) is 5.95 Å². The van der Waals surface area contributed by atoms with E-state index in [1.54, 1.807) is 41.9 Å². The van der Waals surface area contributed by atoms with Crippen molar-refractivity contribution in [1.82, 2.24) is 14.8 Å². The smallest absolute Gasteiger partial charge is 0.248 e. The molecule has 1 atom stereocenters. The Morgan fingerprint density at radius 2 is 1.93 bits per heavy atom. The Balaban J connectivity index is 1.90. The topological polar surface area (TPSA) is 106 Å². The van der Waals surface area contributed by atoms with Gasteiger partial charge in [0.05, 0.1) is 10.6 Å². The van der Waals surface area contributed by atoms with E-state index in [0.29, 0.717) is 33.6 Å². The van der Waals surface area contributed by atoms with Crippen molar-refractivity contribution in [2.45, 2.75) is 13.0 Å². The van der Waals surface area contributed by atoms with Crippen LogP contribution in [0.5, 0.6) is 5.75 Å². The lowest BCUT2D eigenvalue weighted by Gasteiger charge is -2.27. The molecule has 1 aromatic heterocycles. The van der Waals surface area contributed by atoms with Crippen molar-refractivity contribution in [3.63, 3.8) is 0 Å². The molecule has 0 spiro atoms. The summed E-state index contributed by atoms with van der Waals surface area (Å²) in [5.74, 6) is 0.485. The van der Waals surface area contributed by atoms with Crippen molar-refractivity contribution in [1.29, 1.82) is 0 Å². The Labute approximate surface area is 160 Å². The maximum absolute atomic E-state index is 12.1. The first-order chi connectivity index (χ1) is 13.0. The van der Waals surface area contributed by atoms with Crippen molar-refractivity contribution in [3.8, 4) is 17.1 Å². The molecule has 0 unspecified atom stereocenters. The molecule has 8 heteroatoms. The molecule has 0 radical (unpaired) electrons. The van der Waals surface area contributed by atoms with E-state index in [4.69, 9.17) is 17.3 Å². The van der Waals surface area contributed by atoms with Gasteiger partial charge < -0.3 is 16.2 Å². The van der Waals surface area contributed by atoms with Gasteiger partial charge in [-0.1, -0.05) is 35.9 Å². The number of nitrogens with one attached hydrogen (secondary N) is 1. The highest BCUT2D eigenvalue weighted by Crippen LogP contribution is 2.37. The van der Waals surface area contributed by atoms with Gasteiger partial charge in [0.2, 0.25) is 11.9 Å². The van der Waals surface area contributed by atoms with Crippen LogP contribution in [0.2, 0.25) is 5.02 Å². The van der Waals surface area contributed by atoms with Crippen LogP contribution in [0, 0.1) is 0 Å². The van der Waals surface area contributed by atoms with E-state index in [1.807, 2.05) is 18.2 Å². The lowest BCUT2D eigenvalue weighted by atomic mass is 9.95. The number of fused-ring (bicyclic) bond motifs is 1. The number of carbonyl (C=O) groups excluding carboxylic acids is 1. The summed E-state index contributed by atoms with van der Waals surface area (Å²) in [6, 6.07) is 13.3. The summed E-state index contributed by atoms with van der Waals surface area (Å²) in [6.45, 7) is 1.76. The Kier molecular flexibility index (Phi) is 4.08. The van der Waals surface area contributed by atoms with Crippen LogP contribution in [0.15, 0.2) is 59.8 Å². The average molecular weight is 382 g/mol. The first-order valence-corrected chi connectivity index (χ1v) is 8.61. The first kappa shape index (κ1) is 17.1. The summed E-state index contributed by atoms with van der Waals surface area (Å²) in [5.41, 5.74) is 8.06. The van der Waals surface area contributed by atoms with Gasteiger partial charge in [-0.3, -0.25) is 4.79 Å². The fourth-order valence-corrected chi connectivity index (χ4v) is 3.41. The highest BCUT2D eigenvalue weighted by Gasteiger charge is 2.33. The van der Waals surface area contributed by atoms with E-state index in [2.05, 4.69) is 15.4 Å². The molecule has 136 valence electrons. The van der Waals surface area contributed by atoms with E-state index in [-0.39, 0.29) is 5.75 Å². The Hall–Kier alpha value is -3.32. The van der Waals surface area contributed by atoms with Gasteiger partial charge in [0.25, 0.3) is 0 Å². The predicted molar refractivity (Wildman–Crippen MR) is 102 cm³/mol. The Morgan fingerprint density at radius 3 is 2.59 bits per heavy atom. The fourth-order valence-electron chi connectivity index (χ4n) is 3.19. The van der Waals surface area contributed by atoms with Crippen molar-refractivity contribution in [2.24, 2.45) is 5.73 Å². The third-order valence-corrected chi connectivity index (χ3v) is 4.77. The quantitative estimate of drug-likeness (QED) is 0.646. The van der Waals surface area contributed by atoms with Crippen LogP contribution in [0.25, 0.3) is 11.4 Å². The van der Waals surface area contributed by atoms with Crippen molar-refractivity contribution in [3.05, 3.63) is 70.4 Å². The van der Waals surface area contributed by atoms with Gasteiger partial charge in [0.15, 0.2) is 5.82 Å². The molecular formula is C19H16ClN5O2. The summed E-state index contributed by atoms with van der Waals surface area (Å²) in [4.78, 5) is 16.7. The number of rotatable bonds is 3. The lowest BCUT2D eigenvalue weighted by Crippen LogP contribution is -2.31. The van der Waals surface area contributed by atoms with Gasteiger partial charge in [-0.05, 0) is 36.8 Å². The van der Waals surface area contributed by atoms with Crippen LogP contribution in [0.1, 0.15) is 18.5 Å². The second kappa shape index (κ2) is 6.44. The minimum absolute atomic E-state index is 0.129. The number of benzene rings is 2. The molecule has 27 heavy (non-hydrogen) atoms. The Morgan fingerprint density at radius 1 is 1.22 bits per heavy atom. The van der Waals surface area contributed by atoms with Gasteiger partial charge in [0.1, 0.15) is 11.8 Å². The van der Waals surface area contributed by atoms with E-state index in [9.17, 15) is 9.90 Å². The maximum atomic E-state index is 12.1. The normalized spacial score (nSPS) is 16.0. The van der Waals surface area contributed by atoms with Gasteiger partial charge in [-0.2, -0.15) is 4.98 Å². The molecule has 2 heterocycles. The van der Waals surface area contributed by atoms with Crippen molar-refractivity contribution in [2.75, 3.05) is 5.32 Å². The van der Waals surface area contributed by atoms with Gasteiger partial charge in [-0.25, -0.2) is 4.68 Å². The average Bonchev–Trinajstić information content (AvgIpc) is 3.04. The number of aromatic nitrogens is 3. The minimum atomic E-state index is -0.567. The van der Waals surface area contributed by atoms with E-state index in [1.165, 1.54) is 0 Å². The first-order valence-electron chi connectivity index (χ1n) is 8.23. The number of hydrogen-bond acceptors (Lipinski definition) is 5. The fraction of sp³-hybridized carbons (Fsp3) is 0.105. The van der Waals surface area contributed by atoms with E-state index in [0.717, 1.165) is 5.56 Å². The van der Waals surface area contributed by atoms with Crippen molar-refractivity contribution < 1.29 is 9.90 Å². The molecule has 4 N–H and O–H groups in total.